The van der Waals surface area contributed by atoms with Crippen LogP contribution in [-0.2, 0) is 22.4 Å². The van der Waals surface area contributed by atoms with E-state index in [0.29, 0.717) is 13.2 Å². The molecule has 1 rings (SSSR count). The molecular weight excluding hydrogens is 425 g/mol. The smallest absolute Gasteiger partial charge is 0.191 e. The Kier molecular flexibility index (Phi) is 14.9. The van der Waals surface area contributed by atoms with Crippen molar-refractivity contribution in [3.05, 3.63) is 21.9 Å². The van der Waals surface area contributed by atoms with Crippen LogP contribution in [0.15, 0.2) is 17.1 Å². The van der Waals surface area contributed by atoms with Crippen LogP contribution >= 0.6 is 35.3 Å². The molecule has 134 valence electrons. The summed E-state index contributed by atoms with van der Waals surface area (Å²) in [6.45, 7) is 8.74. The first kappa shape index (κ1) is 22.6. The summed E-state index contributed by atoms with van der Waals surface area (Å²) < 4.78 is 10.4. The highest BCUT2D eigenvalue weighted by atomic mass is 127. The lowest BCUT2D eigenvalue weighted by Crippen LogP contribution is -2.38. The molecule has 0 bridgehead atoms. The average molecular weight is 455 g/mol. The molecule has 0 aliphatic carbocycles. The Morgan fingerprint density at radius 1 is 1.13 bits per heavy atom. The van der Waals surface area contributed by atoms with Crippen molar-refractivity contribution in [2.24, 2.45) is 4.99 Å². The van der Waals surface area contributed by atoms with Crippen molar-refractivity contribution in [3.63, 3.8) is 0 Å². The SMILES string of the molecule is CCNC(=NCc1ccc(CC)s1)NCCCOCCOC.I. The van der Waals surface area contributed by atoms with E-state index in [-0.39, 0.29) is 24.0 Å². The Hall–Kier alpha value is -0.380. The minimum Gasteiger partial charge on any atom is -0.382 e. The topological polar surface area (TPSA) is 54.9 Å². The third kappa shape index (κ3) is 10.9. The highest BCUT2D eigenvalue weighted by molar-refractivity contribution is 14.0. The molecule has 0 radical (unpaired) electrons. The van der Waals surface area contributed by atoms with E-state index in [1.165, 1.54) is 9.75 Å². The summed E-state index contributed by atoms with van der Waals surface area (Å²) in [6, 6.07) is 4.35. The molecule has 0 amide bonds. The first-order valence-electron chi connectivity index (χ1n) is 7.96. The molecule has 1 aromatic rings. The largest absolute Gasteiger partial charge is 0.382 e. The number of halogens is 1. The van der Waals surface area contributed by atoms with Crippen LogP contribution in [0.25, 0.3) is 0 Å². The summed E-state index contributed by atoms with van der Waals surface area (Å²) in [5.41, 5.74) is 0. The normalized spacial score (nSPS) is 11.2. The van der Waals surface area contributed by atoms with Gasteiger partial charge in [-0.1, -0.05) is 6.92 Å². The fourth-order valence-corrected chi connectivity index (χ4v) is 2.70. The Bertz CT molecular complexity index is 427. The second kappa shape index (κ2) is 15.2. The van der Waals surface area contributed by atoms with Gasteiger partial charge in [-0.3, -0.25) is 0 Å². The Morgan fingerprint density at radius 2 is 1.91 bits per heavy atom. The average Bonchev–Trinajstić information content (AvgIpc) is 2.99. The fraction of sp³-hybridized carbons (Fsp3) is 0.688. The molecule has 1 heterocycles. The minimum absolute atomic E-state index is 0. The van der Waals surface area contributed by atoms with Crippen LogP contribution in [-0.4, -0.2) is 46.0 Å². The van der Waals surface area contributed by atoms with Crippen LogP contribution in [0.2, 0.25) is 0 Å². The first-order chi connectivity index (χ1) is 10.8. The van der Waals surface area contributed by atoms with Crippen molar-refractivity contribution in [3.8, 4) is 0 Å². The third-order valence-electron chi connectivity index (χ3n) is 2.99. The number of nitrogens with zero attached hydrogens (tertiary/aromatic N) is 1. The van der Waals surface area contributed by atoms with Crippen LogP contribution in [0.3, 0.4) is 0 Å². The van der Waals surface area contributed by atoms with Gasteiger partial charge in [0.2, 0.25) is 0 Å². The van der Waals surface area contributed by atoms with Crippen LogP contribution in [0.5, 0.6) is 0 Å². The van der Waals surface area contributed by atoms with Crippen molar-refractivity contribution >= 4 is 41.3 Å². The summed E-state index contributed by atoms with van der Waals surface area (Å²) in [5.74, 6) is 0.867. The molecule has 7 heteroatoms. The van der Waals surface area contributed by atoms with Crippen LogP contribution < -0.4 is 10.6 Å². The highest BCUT2D eigenvalue weighted by Gasteiger charge is 2.00. The first-order valence-corrected chi connectivity index (χ1v) is 8.78. The molecule has 5 nitrogen and oxygen atoms in total. The number of guanidine groups is 1. The van der Waals surface area contributed by atoms with Crippen molar-refractivity contribution in [2.75, 3.05) is 40.0 Å². The molecule has 0 fully saturated rings. The summed E-state index contributed by atoms with van der Waals surface area (Å²) in [4.78, 5) is 7.34. The van der Waals surface area contributed by atoms with Crippen molar-refractivity contribution in [2.45, 2.75) is 33.2 Å². The maximum absolute atomic E-state index is 5.44. The summed E-state index contributed by atoms with van der Waals surface area (Å²) in [6.07, 6.45) is 2.04. The number of nitrogens with one attached hydrogen (secondary N) is 2. The van der Waals surface area contributed by atoms with Crippen LogP contribution in [0.4, 0.5) is 0 Å². The molecule has 0 aliphatic heterocycles. The maximum Gasteiger partial charge on any atom is 0.191 e. The van der Waals surface area contributed by atoms with Gasteiger partial charge >= 0.3 is 0 Å². The second-order valence-electron chi connectivity index (χ2n) is 4.80. The van der Waals surface area contributed by atoms with Gasteiger partial charge in [0.1, 0.15) is 0 Å². The molecule has 1 aromatic heterocycles. The molecule has 2 N–H and O–H groups in total. The number of ether oxygens (including phenoxy) is 2. The van der Waals surface area contributed by atoms with Gasteiger partial charge in [-0.05, 0) is 31.9 Å². The van der Waals surface area contributed by atoms with Gasteiger partial charge in [-0.25, -0.2) is 4.99 Å². The van der Waals surface area contributed by atoms with E-state index in [2.05, 4.69) is 41.6 Å². The van der Waals surface area contributed by atoms with Gasteiger partial charge in [-0.15, -0.1) is 35.3 Å². The Balaban J connectivity index is 0.00000484. The van der Waals surface area contributed by atoms with E-state index >= 15 is 0 Å². The van der Waals surface area contributed by atoms with E-state index in [1.54, 1.807) is 7.11 Å². The molecule has 0 spiro atoms. The number of methoxy groups -OCH3 is 1. The predicted molar refractivity (Wildman–Crippen MR) is 109 cm³/mol. The van der Waals surface area contributed by atoms with Crippen molar-refractivity contribution in [1.29, 1.82) is 0 Å². The lowest BCUT2D eigenvalue weighted by Gasteiger charge is -2.11. The summed E-state index contributed by atoms with van der Waals surface area (Å²) >= 11 is 1.84. The van der Waals surface area contributed by atoms with E-state index in [1.807, 2.05) is 11.3 Å². The summed E-state index contributed by atoms with van der Waals surface area (Å²) in [7, 11) is 1.68. The van der Waals surface area contributed by atoms with E-state index in [9.17, 15) is 0 Å². The van der Waals surface area contributed by atoms with Gasteiger partial charge in [0.25, 0.3) is 0 Å². The number of aryl methyl sites for hydroxylation is 1. The Labute approximate surface area is 161 Å². The van der Waals surface area contributed by atoms with Crippen LogP contribution in [0, 0.1) is 0 Å². The predicted octanol–water partition coefficient (Wildman–Crippen LogP) is 3.04. The number of thiophene rings is 1. The monoisotopic (exact) mass is 455 g/mol. The quantitative estimate of drug-likeness (QED) is 0.233. The molecule has 0 aromatic carbocycles. The van der Waals surface area contributed by atoms with Gasteiger partial charge in [-0.2, -0.15) is 0 Å². The van der Waals surface area contributed by atoms with Crippen molar-refractivity contribution in [1.82, 2.24) is 10.6 Å². The molecule has 23 heavy (non-hydrogen) atoms. The second-order valence-corrected chi connectivity index (χ2v) is 6.06. The lowest BCUT2D eigenvalue weighted by atomic mass is 10.4. The molecule has 0 saturated heterocycles. The van der Waals surface area contributed by atoms with Gasteiger partial charge < -0.3 is 20.1 Å². The van der Waals surface area contributed by atoms with E-state index in [4.69, 9.17) is 9.47 Å². The van der Waals surface area contributed by atoms with Crippen LogP contribution in [0.1, 0.15) is 30.0 Å². The zero-order chi connectivity index (χ0) is 16.0. The number of hydrogen-bond donors (Lipinski definition) is 2. The molecule has 0 unspecified atom stereocenters. The van der Waals surface area contributed by atoms with Crippen molar-refractivity contribution < 1.29 is 9.47 Å². The lowest BCUT2D eigenvalue weighted by molar-refractivity contribution is 0.0698. The van der Waals surface area contributed by atoms with E-state index < -0.39 is 0 Å². The molecule has 0 saturated carbocycles. The van der Waals surface area contributed by atoms with Gasteiger partial charge in [0.15, 0.2) is 5.96 Å². The highest BCUT2D eigenvalue weighted by Crippen LogP contribution is 2.17. The molecular formula is C16H30IN3O2S. The number of aliphatic imine (C=N–C) groups is 1. The zero-order valence-corrected chi connectivity index (χ0v) is 17.5. The fourth-order valence-electron chi connectivity index (χ4n) is 1.82. The Morgan fingerprint density at radius 3 is 2.57 bits per heavy atom. The number of rotatable bonds is 11. The summed E-state index contributed by atoms with van der Waals surface area (Å²) in [5, 5.41) is 6.60. The number of hydrogen-bond acceptors (Lipinski definition) is 4. The van der Waals surface area contributed by atoms with E-state index in [0.717, 1.165) is 45.0 Å². The zero-order valence-electron chi connectivity index (χ0n) is 14.4. The minimum atomic E-state index is 0. The van der Waals surface area contributed by atoms with Gasteiger partial charge in [0.05, 0.1) is 19.8 Å². The standard InChI is InChI=1S/C16H29N3O2S.HI/c1-4-14-7-8-15(22-14)13-19-16(17-5-2)18-9-6-10-21-12-11-20-3;/h7-8H,4-6,9-13H2,1-3H3,(H2,17,18,19);1H. The molecule has 0 aliphatic rings. The van der Waals surface area contributed by atoms with Gasteiger partial charge in [0, 0.05) is 36.6 Å². The maximum atomic E-state index is 5.44. The molecule has 0 atom stereocenters. The third-order valence-corrected chi connectivity index (χ3v) is 4.21.